The van der Waals surface area contributed by atoms with E-state index in [4.69, 9.17) is 0 Å². The van der Waals surface area contributed by atoms with E-state index in [9.17, 15) is 0 Å². The van der Waals surface area contributed by atoms with Gasteiger partial charge in [-0.2, -0.15) is 0 Å². The lowest BCUT2D eigenvalue weighted by Gasteiger charge is -2.04. The van der Waals surface area contributed by atoms with E-state index in [1.165, 1.54) is 6.42 Å². The Morgan fingerprint density at radius 3 is 2.86 bits per heavy atom. The zero-order valence-corrected chi connectivity index (χ0v) is 4.30. The van der Waals surface area contributed by atoms with Crippen LogP contribution in [0.4, 0.5) is 0 Å². The highest BCUT2D eigenvalue weighted by atomic mass is 15.1. The van der Waals surface area contributed by atoms with Crippen LogP contribution in [0.2, 0.25) is 0 Å². The molecular weight excluding hydrogens is 86.1 g/mol. The van der Waals surface area contributed by atoms with Gasteiger partial charge in [-0.05, 0) is 18.8 Å². The van der Waals surface area contributed by atoms with Gasteiger partial charge in [0.25, 0.3) is 0 Å². The molecule has 0 fully saturated rings. The predicted molar refractivity (Wildman–Crippen MR) is 30.7 cm³/mol. The Labute approximate surface area is 43.9 Å². The van der Waals surface area contributed by atoms with Gasteiger partial charge in [0.15, 0.2) is 0 Å². The highest BCUT2D eigenvalue weighted by Gasteiger charge is 1.95. The Kier molecular flexibility index (Phi) is 1.16. The number of hydrogen-bond donors (Lipinski definition) is 0. The standard InChI is InChI=1S/C6H9N/c1-2-7-5-3-4-6-7/h2-3,5H,1,4,6H2. The van der Waals surface area contributed by atoms with E-state index >= 15 is 0 Å². The maximum atomic E-state index is 3.62. The summed E-state index contributed by atoms with van der Waals surface area (Å²) in [4.78, 5) is 2.07. The van der Waals surface area contributed by atoms with Gasteiger partial charge < -0.3 is 4.90 Å². The van der Waals surface area contributed by atoms with Gasteiger partial charge >= 0.3 is 0 Å². The minimum atomic E-state index is 1.11. The zero-order chi connectivity index (χ0) is 5.11. The molecule has 0 saturated heterocycles. The molecule has 0 saturated carbocycles. The van der Waals surface area contributed by atoms with Crippen LogP contribution in [0.1, 0.15) is 6.42 Å². The summed E-state index contributed by atoms with van der Waals surface area (Å²) >= 11 is 0. The average Bonchev–Trinajstić information content (AvgIpc) is 2.14. The van der Waals surface area contributed by atoms with E-state index < -0.39 is 0 Å². The van der Waals surface area contributed by atoms with Crippen molar-refractivity contribution < 1.29 is 0 Å². The number of rotatable bonds is 1. The van der Waals surface area contributed by atoms with E-state index in [1.807, 2.05) is 12.4 Å². The summed E-state index contributed by atoms with van der Waals surface area (Å²) in [6, 6.07) is 0. The van der Waals surface area contributed by atoms with Crippen molar-refractivity contribution in [2.24, 2.45) is 0 Å². The molecule has 1 rings (SSSR count). The third-order valence-corrected chi connectivity index (χ3v) is 1.09. The van der Waals surface area contributed by atoms with Crippen LogP contribution in [0, 0.1) is 0 Å². The van der Waals surface area contributed by atoms with Crippen LogP contribution in [-0.2, 0) is 0 Å². The van der Waals surface area contributed by atoms with Crippen LogP contribution >= 0.6 is 0 Å². The number of nitrogens with zero attached hydrogens (tertiary/aromatic N) is 1. The van der Waals surface area contributed by atoms with Gasteiger partial charge in [-0.15, -0.1) is 0 Å². The lowest BCUT2D eigenvalue weighted by Crippen LogP contribution is -2.02. The molecule has 0 spiro atoms. The Hall–Kier alpha value is -0.720. The third kappa shape index (κ3) is 0.829. The minimum Gasteiger partial charge on any atom is -0.355 e. The monoisotopic (exact) mass is 95.1 g/mol. The molecule has 0 unspecified atom stereocenters. The number of hydrogen-bond acceptors (Lipinski definition) is 1. The van der Waals surface area contributed by atoms with Crippen LogP contribution in [-0.4, -0.2) is 11.4 Å². The maximum absolute atomic E-state index is 3.62. The summed E-state index contributed by atoms with van der Waals surface area (Å²) in [6.45, 7) is 4.73. The molecule has 0 radical (unpaired) electrons. The molecule has 0 N–H and O–H groups in total. The van der Waals surface area contributed by atoms with E-state index in [-0.39, 0.29) is 0 Å². The first-order valence-electron chi connectivity index (χ1n) is 2.48. The molecule has 0 aromatic heterocycles. The Bertz CT molecular complexity index is 94.4. The first-order valence-corrected chi connectivity index (χ1v) is 2.48. The largest absolute Gasteiger partial charge is 0.355 e. The molecule has 0 bridgehead atoms. The summed E-state index contributed by atoms with van der Waals surface area (Å²) in [6.07, 6.45) is 7.20. The summed E-state index contributed by atoms with van der Waals surface area (Å²) in [5.41, 5.74) is 0. The normalized spacial score (nSPS) is 18.0. The first-order chi connectivity index (χ1) is 3.43. The van der Waals surface area contributed by atoms with E-state index in [2.05, 4.69) is 17.6 Å². The van der Waals surface area contributed by atoms with Crippen LogP contribution in [0.25, 0.3) is 0 Å². The molecule has 1 heterocycles. The molecule has 0 amide bonds. The topological polar surface area (TPSA) is 3.24 Å². The van der Waals surface area contributed by atoms with Crippen molar-refractivity contribution in [1.29, 1.82) is 0 Å². The van der Waals surface area contributed by atoms with Gasteiger partial charge in [0.2, 0.25) is 0 Å². The van der Waals surface area contributed by atoms with Crippen LogP contribution in [0.15, 0.2) is 25.1 Å². The van der Waals surface area contributed by atoms with E-state index in [1.54, 1.807) is 0 Å². The molecule has 0 aromatic carbocycles. The van der Waals surface area contributed by atoms with Crippen molar-refractivity contribution in [3.63, 3.8) is 0 Å². The predicted octanol–water partition coefficient (Wildman–Crippen LogP) is 1.35. The fourth-order valence-electron chi connectivity index (χ4n) is 0.660. The SMILES string of the molecule is C=CN1C=CCC1. The van der Waals surface area contributed by atoms with Gasteiger partial charge in [0.1, 0.15) is 0 Å². The molecule has 38 valence electrons. The maximum Gasteiger partial charge on any atom is 0.0254 e. The average molecular weight is 95.1 g/mol. The molecule has 0 atom stereocenters. The van der Waals surface area contributed by atoms with Gasteiger partial charge in [0.05, 0.1) is 0 Å². The molecule has 7 heavy (non-hydrogen) atoms. The summed E-state index contributed by atoms with van der Waals surface area (Å²) in [5.74, 6) is 0. The highest BCUT2D eigenvalue weighted by molar-refractivity contribution is 4.95. The first kappa shape index (κ1) is 4.44. The van der Waals surface area contributed by atoms with Gasteiger partial charge in [-0.3, -0.25) is 0 Å². The van der Waals surface area contributed by atoms with Crippen LogP contribution < -0.4 is 0 Å². The summed E-state index contributed by atoms with van der Waals surface area (Å²) < 4.78 is 0. The van der Waals surface area contributed by atoms with E-state index in [0.717, 1.165) is 6.54 Å². The zero-order valence-electron chi connectivity index (χ0n) is 4.30. The molecule has 1 aliphatic rings. The fraction of sp³-hybridized carbons (Fsp3) is 0.333. The van der Waals surface area contributed by atoms with Crippen molar-refractivity contribution in [2.75, 3.05) is 6.54 Å². The third-order valence-electron chi connectivity index (χ3n) is 1.09. The molecule has 1 aliphatic heterocycles. The van der Waals surface area contributed by atoms with Crippen LogP contribution in [0.5, 0.6) is 0 Å². The molecule has 1 heteroatoms. The second-order valence-electron chi connectivity index (χ2n) is 1.59. The molecule has 1 nitrogen and oxygen atoms in total. The Morgan fingerprint density at radius 1 is 1.71 bits per heavy atom. The van der Waals surface area contributed by atoms with E-state index in [0.29, 0.717) is 0 Å². The van der Waals surface area contributed by atoms with Crippen molar-refractivity contribution >= 4 is 0 Å². The Morgan fingerprint density at radius 2 is 2.57 bits per heavy atom. The second kappa shape index (κ2) is 1.82. The highest BCUT2D eigenvalue weighted by Crippen LogP contribution is 2.01. The lowest BCUT2D eigenvalue weighted by atomic mass is 10.5. The van der Waals surface area contributed by atoms with Crippen molar-refractivity contribution in [3.8, 4) is 0 Å². The molecular formula is C6H9N. The summed E-state index contributed by atoms with van der Waals surface area (Å²) in [7, 11) is 0. The Balaban J connectivity index is 2.42. The van der Waals surface area contributed by atoms with Gasteiger partial charge in [-0.25, -0.2) is 0 Å². The quantitative estimate of drug-likeness (QED) is 0.475. The molecule has 0 aromatic rings. The minimum absolute atomic E-state index is 1.11. The smallest absolute Gasteiger partial charge is 0.0254 e. The van der Waals surface area contributed by atoms with Crippen molar-refractivity contribution in [2.45, 2.75) is 6.42 Å². The summed E-state index contributed by atoms with van der Waals surface area (Å²) in [5, 5.41) is 0. The van der Waals surface area contributed by atoms with Crippen molar-refractivity contribution in [1.82, 2.24) is 4.90 Å². The van der Waals surface area contributed by atoms with Crippen LogP contribution in [0.3, 0.4) is 0 Å². The van der Waals surface area contributed by atoms with Gasteiger partial charge in [0, 0.05) is 6.54 Å². The molecule has 0 aliphatic carbocycles. The fourth-order valence-corrected chi connectivity index (χ4v) is 0.660. The lowest BCUT2D eigenvalue weighted by molar-refractivity contribution is 0.551. The van der Waals surface area contributed by atoms with Crippen molar-refractivity contribution in [3.05, 3.63) is 25.1 Å². The van der Waals surface area contributed by atoms with Gasteiger partial charge in [-0.1, -0.05) is 12.7 Å². The second-order valence-corrected chi connectivity index (χ2v) is 1.59.